The van der Waals surface area contributed by atoms with E-state index in [1.54, 1.807) is 24.3 Å². The molecule has 4 nitrogen and oxygen atoms in total. The van der Waals surface area contributed by atoms with E-state index in [-0.39, 0.29) is 25.4 Å². The molecule has 0 atom stereocenters. The summed E-state index contributed by atoms with van der Waals surface area (Å²) in [4.78, 5) is 13.2. The van der Waals surface area contributed by atoms with Crippen LogP contribution in [0.5, 0.6) is 0 Å². The second-order valence-electron chi connectivity index (χ2n) is 6.85. The number of carbonyl (C=O) groups is 1. The first-order chi connectivity index (χ1) is 15.1. The highest BCUT2D eigenvalue weighted by molar-refractivity contribution is 8.04. The van der Waals surface area contributed by atoms with Gasteiger partial charge in [0.25, 0.3) is 5.91 Å². The molecule has 0 unspecified atom stereocenters. The first-order valence-electron chi connectivity index (χ1n) is 9.10. The van der Waals surface area contributed by atoms with Crippen LogP contribution in [-0.4, -0.2) is 14.3 Å². The van der Waals surface area contributed by atoms with Crippen molar-refractivity contribution in [1.29, 1.82) is 0 Å². The number of rotatable bonds is 4. The van der Waals surface area contributed by atoms with E-state index >= 15 is 0 Å². The van der Waals surface area contributed by atoms with E-state index in [4.69, 9.17) is 23.2 Å². The van der Waals surface area contributed by atoms with Crippen molar-refractivity contribution >= 4 is 62.5 Å². The number of nitrogens with one attached hydrogen (secondary N) is 1. The molecule has 10 heteroatoms. The van der Waals surface area contributed by atoms with Crippen LogP contribution < -0.4 is 5.32 Å². The van der Waals surface area contributed by atoms with Gasteiger partial charge in [-0.2, -0.15) is 0 Å². The minimum atomic E-state index is -3.81. The fourth-order valence-electron chi connectivity index (χ4n) is 3.04. The fourth-order valence-corrected chi connectivity index (χ4v) is 6.08. The molecule has 1 heterocycles. The number of benzene rings is 3. The van der Waals surface area contributed by atoms with E-state index in [9.17, 15) is 22.0 Å². The Bertz CT molecular complexity index is 1370. The minimum absolute atomic E-state index is 0.00912. The molecule has 1 amide bonds. The molecule has 0 saturated heterocycles. The first-order valence-corrected chi connectivity index (χ1v) is 12.3. The third kappa shape index (κ3) is 4.68. The van der Waals surface area contributed by atoms with Crippen molar-refractivity contribution in [2.24, 2.45) is 0 Å². The summed E-state index contributed by atoms with van der Waals surface area (Å²) >= 11 is 13.2. The van der Waals surface area contributed by atoms with E-state index in [2.05, 4.69) is 5.32 Å². The maximum absolute atomic E-state index is 13.9. The van der Waals surface area contributed by atoms with Crippen LogP contribution in [0.1, 0.15) is 11.1 Å². The number of fused-ring (bicyclic) bond motifs is 1. The van der Waals surface area contributed by atoms with Crippen LogP contribution in [0.25, 0.3) is 6.08 Å². The lowest BCUT2D eigenvalue weighted by atomic mass is 10.2. The van der Waals surface area contributed by atoms with Crippen molar-refractivity contribution in [3.63, 3.8) is 0 Å². The highest BCUT2D eigenvalue weighted by Gasteiger charge is 2.25. The standard InChI is InChI=1S/C22H13Cl2F2NO3S2/c23-16-2-1-3-17(24)15(16)11-32(29,30)14-6-7-20-19(10-14)27-22(28)21(31-20)8-12-4-5-13(25)9-18(12)26/h1-10H,11H2,(H,27,28)/b21-8-. The van der Waals surface area contributed by atoms with Crippen molar-refractivity contribution in [2.75, 3.05) is 5.32 Å². The summed E-state index contributed by atoms with van der Waals surface area (Å²) in [5.41, 5.74) is 0.657. The Hall–Kier alpha value is -2.39. The van der Waals surface area contributed by atoms with E-state index < -0.39 is 33.1 Å². The van der Waals surface area contributed by atoms with Crippen LogP contribution in [-0.2, 0) is 20.4 Å². The van der Waals surface area contributed by atoms with Gasteiger partial charge in [0.1, 0.15) is 11.6 Å². The lowest BCUT2D eigenvalue weighted by molar-refractivity contribution is -0.112. The summed E-state index contributed by atoms with van der Waals surface area (Å²) in [7, 11) is -3.81. The second-order valence-corrected chi connectivity index (χ2v) is 10.7. The molecule has 0 fully saturated rings. The summed E-state index contributed by atoms with van der Waals surface area (Å²) in [5.74, 6) is -2.45. The molecule has 0 saturated carbocycles. The van der Waals surface area contributed by atoms with Crippen molar-refractivity contribution < 1.29 is 22.0 Å². The monoisotopic (exact) mass is 511 g/mol. The number of amides is 1. The number of hydrogen-bond acceptors (Lipinski definition) is 4. The molecule has 32 heavy (non-hydrogen) atoms. The minimum Gasteiger partial charge on any atom is -0.320 e. The van der Waals surface area contributed by atoms with Crippen molar-refractivity contribution in [3.8, 4) is 0 Å². The van der Waals surface area contributed by atoms with Gasteiger partial charge < -0.3 is 5.32 Å². The third-order valence-electron chi connectivity index (χ3n) is 4.65. The quantitative estimate of drug-likeness (QED) is 0.415. The number of sulfone groups is 1. The van der Waals surface area contributed by atoms with Gasteiger partial charge in [0.15, 0.2) is 9.84 Å². The average molecular weight is 512 g/mol. The van der Waals surface area contributed by atoms with Gasteiger partial charge in [0.2, 0.25) is 0 Å². The molecule has 0 aliphatic carbocycles. The highest BCUT2D eigenvalue weighted by Crippen LogP contribution is 2.40. The van der Waals surface area contributed by atoms with Crippen LogP contribution in [0, 0.1) is 11.6 Å². The Kier molecular flexibility index (Phi) is 6.31. The molecule has 3 aromatic carbocycles. The zero-order chi connectivity index (χ0) is 23.0. The molecule has 0 radical (unpaired) electrons. The Labute approximate surface area is 197 Å². The van der Waals surface area contributed by atoms with Gasteiger partial charge in [-0.05, 0) is 48.5 Å². The molecule has 3 aromatic rings. The van der Waals surface area contributed by atoms with E-state index in [0.717, 1.165) is 23.9 Å². The van der Waals surface area contributed by atoms with Crippen LogP contribution in [0.15, 0.2) is 69.3 Å². The summed E-state index contributed by atoms with van der Waals surface area (Å²) < 4.78 is 52.9. The van der Waals surface area contributed by atoms with Gasteiger partial charge >= 0.3 is 0 Å². The van der Waals surface area contributed by atoms with Crippen LogP contribution in [0.3, 0.4) is 0 Å². The van der Waals surface area contributed by atoms with Gasteiger partial charge in [0.05, 0.1) is 21.2 Å². The molecule has 1 aliphatic rings. The molecule has 0 aromatic heterocycles. The van der Waals surface area contributed by atoms with Crippen molar-refractivity contribution in [3.05, 3.63) is 92.3 Å². The van der Waals surface area contributed by atoms with E-state index in [1.807, 2.05) is 0 Å². The number of halogens is 4. The Morgan fingerprint density at radius 3 is 2.41 bits per heavy atom. The lowest BCUT2D eigenvalue weighted by Crippen LogP contribution is -2.18. The average Bonchev–Trinajstić information content (AvgIpc) is 2.73. The van der Waals surface area contributed by atoms with Crippen LogP contribution >= 0.6 is 35.0 Å². The van der Waals surface area contributed by atoms with Crippen LogP contribution in [0.2, 0.25) is 10.0 Å². The van der Waals surface area contributed by atoms with Gasteiger partial charge in [0, 0.05) is 32.1 Å². The van der Waals surface area contributed by atoms with Crippen molar-refractivity contribution in [2.45, 2.75) is 15.5 Å². The summed E-state index contributed by atoms with van der Waals surface area (Å²) in [5, 5.41) is 3.10. The van der Waals surface area contributed by atoms with Gasteiger partial charge in [-0.1, -0.05) is 41.0 Å². The zero-order valence-electron chi connectivity index (χ0n) is 16.0. The fraction of sp³-hybridized carbons (Fsp3) is 0.0455. The van der Waals surface area contributed by atoms with Gasteiger partial charge in [-0.15, -0.1) is 0 Å². The summed E-state index contributed by atoms with van der Waals surface area (Å²) in [6, 6.07) is 12.1. The van der Waals surface area contributed by atoms with Gasteiger partial charge in [-0.25, -0.2) is 17.2 Å². The second kappa shape index (κ2) is 8.86. The summed E-state index contributed by atoms with van der Waals surface area (Å²) in [6.07, 6.45) is 1.31. The molecular formula is C22H13Cl2F2NO3S2. The molecule has 0 spiro atoms. The number of anilines is 1. The smallest absolute Gasteiger partial charge is 0.262 e. The zero-order valence-corrected chi connectivity index (χ0v) is 19.2. The molecule has 1 aliphatic heterocycles. The maximum Gasteiger partial charge on any atom is 0.262 e. The van der Waals surface area contributed by atoms with E-state index in [1.165, 1.54) is 24.3 Å². The number of hydrogen-bond donors (Lipinski definition) is 1. The molecule has 164 valence electrons. The lowest BCUT2D eigenvalue weighted by Gasteiger charge is -2.19. The third-order valence-corrected chi connectivity index (χ3v) is 8.10. The summed E-state index contributed by atoms with van der Waals surface area (Å²) in [6.45, 7) is 0. The Morgan fingerprint density at radius 1 is 1.00 bits per heavy atom. The number of carbonyl (C=O) groups excluding carboxylic acids is 1. The van der Waals surface area contributed by atoms with Crippen LogP contribution in [0.4, 0.5) is 14.5 Å². The molecule has 1 N–H and O–H groups in total. The Morgan fingerprint density at radius 2 is 1.72 bits per heavy atom. The highest BCUT2D eigenvalue weighted by atomic mass is 35.5. The number of thioether (sulfide) groups is 1. The van der Waals surface area contributed by atoms with Crippen molar-refractivity contribution in [1.82, 2.24) is 0 Å². The molecule has 4 rings (SSSR count). The SMILES string of the molecule is O=C1Nc2cc(S(=O)(=O)Cc3c(Cl)cccc3Cl)ccc2S/C1=C\c1ccc(F)cc1F. The normalized spacial score (nSPS) is 14.9. The largest absolute Gasteiger partial charge is 0.320 e. The molecule has 0 bridgehead atoms. The van der Waals surface area contributed by atoms with E-state index in [0.29, 0.717) is 16.1 Å². The predicted molar refractivity (Wildman–Crippen MR) is 123 cm³/mol. The predicted octanol–water partition coefficient (Wildman–Crippen LogP) is 6.33. The topological polar surface area (TPSA) is 63.2 Å². The molecular weight excluding hydrogens is 499 g/mol. The van der Waals surface area contributed by atoms with Gasteiger partial charge in [-0.3, -0.25) is 4.79 Å². The Balaban J connectivity index is 1.63. The maximum atomic E-state index is 13.9. The first kappa shape index (κ1) is 22.8.